The maximum Gasteiger partial charge on any atom is 0.435 e. The Hall–Kier alpha value is -6.47. The van der Waals surface area contributed by atoms with Gasteiger partial charge in [0.05, 0.1) is 28.0 Å². The first kappa shape index (κ1) is 53.3. The highest BCUT2D eigenvalue weighted by Gasteiger charge is 2.68. The minimum atomic E-state index is -5.23. The van der Waals surface area contributed by atoms with Crippen molar-refractivity contribution in [3.8, 4) is 23.0 Å². The zero-order valence-corrected chi connectivity index (χ0v) is 39.8. The molecule has 2 aliphatic rings. The largest absolute Gasteiger partial charge is 0.465 e. The molecule has 0 aliphatic heterocycles. The summed E-state index contributed by atoms with van der Waals surface area (Å²) in [6, 6.07) is 3.11. The number of alkyl halides is 8. The summed E-state index contributed by atoms with van der Waals surface area (Å²) in [6.07, 6.45) is -12.2. The number of carbonyl (C=O) groups excluding carboxylic acids is 2. The van der Waals surface area contributed by atoms with Crippen LogP contribution in [0.2, 0.25) is 5.02 Å². The summed E-state index contributed by atoms with van der Waals surface area (Å²) in [5, 5.41) is 19.5. The summed E-state index contributed by atoms with van der Waals surface area (Å²) < 4.78 is 198. The second-order valence-corrected chi connectivity index (χ2v) is 22.2. The lowest BCUT2D eigenvalue weighted by atomic mass is 9.93. The molecule has 0 unspecified atom stereocenters. The van der Waals surface area contributed by atoms with Crippen molar-refractivity contribution in [2.24, 2.45) is 5.92 Å². The lowest BCUT2D eigenvalue weighted by Gasteiger charge is -2.23. The molecule has 2 aromatic carbocycles. The van der Waals surface area contributed by atoms with Crippen LogP contribution in [0.3, 0.4) is 0 Å². The summed E-state index contributed by atoms with van der Waals surface area (Å²) in [5.74, 6) is -7.87. The minimum absolute atomic E-state index is 0.182. The van der Waals surface area contributed by atoms with Crippen LogP contribution in [0.4, 0.5) is 48.7 Å². The molecule has 29 heteroatoms. The Morgan fingerprint density at radius 1 is 0.944 bits per heavy atom. The molecule has 7 rings (SSSR count). The Morgan fingerprint density at radius 2 is 1.58 bits per heavy atom. The number of nitrogens with one attached hydrogen (secondary N) is 3. The molecule has 3 aromatic heterocycles. The van der Waals surface area contributed by atoms with Crippen molar-refractivity contribution in [1.29, 1.82) is 0 Å². The van der Waals surface area contributed by atoms with E-state index in [2.05, 4.69) is 32.3 Å². The van der Waals surface area contributed by atoms with Crippen LogP contribution in [0, 0.1) is 29.4 Å². The zero-order chi connectivity index (χ0) is 53.4. The van der Waals surface area contributed by atoms with E-state index in [1.165, 1.54) is 13.8 Å². The van der Waals surface area contributed by atoms with Crippen molar-refractivity contribution in [1.82, 2.24) is 39.9 Å². The number of nitrogens with zero attached hydrogens (tertiary/aromatic N) is 5. The number of rotatable bonds is 14. The van der Waals surface area contributed by atoms with Gasteiger partial charge in [-0.05, 0) is 81.3 Å². The van der Waals surface area contributed by atoms with Gasteiger partial charge < -0.3 is 15.7 Å². The van der Waals surface area contributed by atoms with Gasteiger partial charge in [-0.25, -0.2) is 35.4 Å². The number of amides is 3. The Morgan fingerprint density at radius 3 is 2.18 bits per heavy atom. The number of aromatic nitrogens is 5. The third-order valence-corrected chi connectivity index (χ3v) is 15.2. The van der Waals surface area contributed by atoms with Crippen molar-refractivity contribution < 1.29 is 80.2 Å². The van der Waals surface area contributed by atoms with E-state index in [0.717, 1.165) is 49.6 Å². The van der Waals surface area contributed by atoms with Crippen LogP contribution in [0.1, 0.15) is 78.7 Å². The molecule has 0 spiro atoms. The smallest absolute Gasteiger partial charge is 0.435 e. The fourth-order valence-electron chi connectivity index (χ4n) is 8.16. The molecule has 0 radical (unpaired) electrons. The molecule has 3 heterocycles. The number of carbonyl (C=O) groups is 3. The van der Waals surface area contributed by atoms with Gasteiger partial charge in [0.15, 0.2) is 15.5 Å². The standard InChI is InChI=1S/C43H37ClF10N8O8S2/c1-19(55-39(65)66)38(64)60-72(69,70)17-30-33-28(44)8-7-25(35(33)62(58-30)18-41(47,48)49)24-6-5-23(9-10-40(2,3)71(4,67)68)56-34(24)29(13-20-11-21(45)14-22(46)12-20)57-31(63)16-61-37-32(36(59-61)43(52,53)54)26-15-27(26)42(37,50)51/h5-8,11-12,14,19,26-27,29,55H,13,15-18H2,1-4H3,(H,57,63)(H,60,64)(H,65,66)/t19-,26-,27+,29-/m0/s1. The summed E-state index contributed by atoms with van der Waals surface area (Å²) in [7, 11) is -8.84. The van der Waals surface area contributed by atoms with Crippen LogP contribution in [0.15, 0.2) is 42.5 Å². The fourth-order valence-corrected chi connectivity index (χ4v) is 9.78. The maximum atomic E-state index is 15.6. The van der Waals surface area contributed by atoms with Gasteiger partial charge in [-0.1, -0.05) is 23.6 Å². The van der Waals surface area contributed by atoms with Gasteiger partial charge in [0, 0.05) is 40.3 Å². The number of carboxylic acid groups (broad SMARTS) is 1. The summed E-state index contributed by atoms with van der Waals surface area (Å²) in [5.41, 5.74) is -6.51. The lowest BCUT2D eigenvalue weighted by Crippen LogP contribution is -2.46. The van der Waals surface area contributed by atoms with Gasteiger partial charge in [-0.3, -0.25) is 23.7 Å². The van der Waals surface area contributed by atoms with Crippen molar-refractivity contribution in [3.63, 3.8) is 0 Å². The monoisotopic (exact) mass is 1080 g/mol. The molecular formula is C43H37ClF10N8O8S2. The molecule has 0 bridgehead atoms. The highest BCUT2D eigenvalue weighted by molar-refractivity contribution is 7.92. The second kappa shape index (κ2) is 18.5. The Labute approximate surface area is 406 Å². The zero-order valence-electron chi connectivity index (χ0n) is 37.4. The molecule has 16 nitrogen and oxygen atoms in total. The van der Waals surface area contributed by atoms with E-state index in [4.69, 9.17) is 16.7 Å². The maximum absolute atomic E-state index is 15.6. The number of sulfone groups is 1. The number of hydrogen-bond acceptors (Lipinski definition) is 10. The molecule has 1 saturated carbocycles. The predicted molar refractivity (Wildman–Crippen MR) is 234 cm³/mol. The molecule has 0 saturated heterocycles. The SMILES string of the molecule is C[C@H](NC(=O)O)C(=O)NS(=O)(=O)Cc1nn(CC(F)(F)F)c2c(-c3ccc(C#CC(C)(C)S(C)(=O)=O)nc3[C@H](Cc3cc(F)cc(F)c3)NC(=O)Cn3nc(C(F)(F)F)c4c3C(F)(F)[C@@H]3C[C@H]43)ccc(Cl)c12. The Balaban J connectivity index is 1.43. The van der Waals surface area contributed by atoms with Gasteiger partial charge in [0.2, 0.25) is 15.9 Å². The van der Waals surface area contributed by atoms with E-state index in [-0.39, 0.29) is 33.5 Å². The number of pyridine rings is 1. The first-order chi connectivity index (χ1) is 33.1. The third kappa shape index (κ3) is 11.1. The van der Waals surface area contributed by atoms with Gasteiger partial charge in [0.25, 0.3) is 11.8 Å². The summed E-state index contributed by atoms with van der Waals surface area (Å²) >= 11 is 6.55. The molecule has 4 atom stereocenters. The molecule has 5 aromatic rings. The summed E-state index contributed by atoms with van der Waals surface area (Å²) in [4.78, 5) is 42.3. The Bertz CT molecular complexity index is 3350. The quantitative estimate of drug-likeness (QED) is 0.0662. The molecule has 4 N–H and O–H groups in total. The Kier molecular flexibility index (Phi) is 13.7. The van der Waals surface area contributed by atoms with Crippen LogP contribution in [-0.2, 0) is 66.8 Å². The number of sulfonamides is 1. The van der Waals surface area contributed by atoms with E-state index < -0.39 is 166 Å². The number of halogens is 11. The van der Waals surface area contributed by atoms with Crippen molar-refractivity contribution in [2.45, 2.75) is 93.5 Å². The normalized spacial score (nSPS) is 17.3. The van der Waals surface area contributed by atoms with Crippen LogP contribution >= 0.6 is 11.6 Å². The third-order valence-electron chi connectivity index (χ3n) is 11.7. The van der Waals surface area contributed by atoms with E-state index in [1.807, 2.05) is 0 Å². The highest BCUT2D eigenvalue weighted by Crippen LogP contribution is 2.68. The van der Waals surface area contributed by atoms with Crippen LogP contribution < -0.4 is 15.4 Å². The van der Waals surface area contributed by atoms with Crippen LogP contribution in [0.25, 0.3) is 22.0 Å². The van der Waals surface area contributed by atoms with Crippen LogP contribution in [-0.4, -0.2) is 87.6 Å². The first-order valence-corrected chi connectivity index (χ1v) is 24.8. The van der Waals surface area contributed by atoms with E-state index in [0.29, 0.717) is 10.7 Å². The topological polar surface area (TPSA) is 224 Å². The average Bonchev–Trinajstić information content (AvgIpc) is 3.75. The van der Waals surface area contributed by atoms with E-state index in [9.17, 15) is 66.3 Å². The minimum Gasteiger partial charge on any atom is -0.465 e. The number of benzene rings is 2. The predicted octanol–water partition coefficient (Wildman–Crippen LogP) is 6.89. The van der Waals surface area contributed by atoms with Gasteiger partial charge in [-0.15, -0.1) is 0 Å². The molecule has 2 aliphatic carbocycles. The average molecular weight is 1080 g/mol. The lowest BCUT2D eigenvalue weighted by molar-refractivity contribution is -0.143. The van der Waals surface area contributed by atoms with Crippen molar-refractivity contribution in [3.05, 3.63) is 98.7 Å². The second-order valence-electron chi connectivity index (χ2n) is 17.5. The molecular weight excluding hydrogens is 1050 g/mol. The summed E-state index contributed by atoms with van der Waals surface area (Å²) in [6.45, 7) is 0.190. The fraction of sp³-hybridized carbons (Fsp3) is 0.395. The molecule has 3 amide bonds. The van der Waals surface area contributed by atoms with Gasteiger partial charge in [0.1, 0.15) is 52.7 Å². The van der Waals surface area contributed by atoms with Crippen LogP contribution in [0.5, 0.6) is 0 Å². The first-order valence-electron chi connectivity index (χ1n) is 20.9. The van der Waals surface area contributed by atoms with Gasteiger partial charge >= 0.3 is 18.4 Å². The highest BCUT2D eigenvalue weighted by atomic mass is 35.5. The van der Waals surface area contributed by atoms with Gasteiger partial charge in [-0.2, -0.15) is 45.3 Å². The van der Waals surface area contributed by atoms with Crippen molar-refractivity contribution in [2.75, 3.05) is 6.26 Å². The van der Waals surface area contributed by atoms with E-state index >= 15 is 8.78 Å². The van der Waals surface area contributed by atoms with Crippen molar-refractivity contribution >= 4 is 60.3 Å². The number of fused-ring (bicyclic) bond motifs is 4. The molecule has 386 valence electrons. The van der Waals surface area contributed by atoms with E-state index in [1.54, 1.807) is 10.0 Å². The number of hydrogen-bond donors (Lipinski definition) is 4. The molecule has 72 heavy (non-hydrogen) atoms. The molecule has 1 fully saturated rings.